The Kier molecular flexibility index (Phi) is 10.4. The van der Waals surface area contributed by atoms with Crippen molar-refractivity contribution in [2.45, 2.75) is 42.2 Å². The number of rotatable bonds is 9. The van der Waals surface area contributed by atoms with Crippen LogP contribution >= 0.6 is 11.6 Å². The number of aliphatic hydroxyl groups is 1. The van der Waals surface area contributed by atoms with E-state index in [2.05, 4.69) is 5.32 Å². The van der Waals surface area contributed by atoms with E-state index in [1.807, 2.05) is 6.92 Å². The number of benzene rings is 3. The zero-order chi connectivity index (χ0) is 25.0. The Morgan fingerprint density at radius 3 is 2.37 bits per heavy atom. The van der Waals surface area contributed by atoms with Crippen molar-refractivity contribution in [3.63, 3.8) is 0 Å². The largest absolute Gasteiger partial charge is 1.00 e. The van der Waals surface area contributed by atoms with Crippen LogP contribution in [0.5, 0.6) is 5.75 Å². The Bertz CT molecular complexity index is 1300. The van der Waals surface area contributed by atoms with E-state index in [0.29, 0.717) is 23.6 Å². The number of carbonyl (C=O) groups is 1. The molecule has 0 amide bonds. The van der Waals surface area contributed by atoms with Gasteiger partial charge in [0.25, 0.3) is 0 Å². The molecule has 0 fully saturated rings. The molecule has 0 spiro atoms. The minimum absolute atomic E-state index is 0. The number of sulfone groups is 1. The number of halogens is 1. The van der Waals surface area contributed by atoms with E-state index in [4.69, 9.17) is 11.6 Å². The first kappa shape index (κ1) is 29.3. The van der Waals surface area contributed by atoms with E-state index >= 15 is 0 Å². The molecule has 0 unspecified atom stereocenters. The van der Waals surface area contributed by atoms with Gasteiger partial charge in [0.1, 0.15) is 5.75 Å². The zero-order valence-electron chi connectivity index (χ0n) is 19.7. The van der Waals surface area contributed by atoms with Gasteiger partial charge in [-0.25, -0.2) is 8.42 Å². The molecule has 180 valence electrons. The van der Waals surface area contributed by atoms with Gasteiger partial charge < -0.3 is 25.4 Å². The van der Waals surface area contributed by atoms with Crippen molar-refractivity contribution in [1.29, 1.82) is 0 Å². The van der Waals surface area contributed by atoms with E-state index in [0.717, 1.165) is 17.7 Å². The molecule has 0 aromatic heterocycles. The molecule has 3 N–H and O–H groups in total. The first-order chi connectivity index (χ1) is 16.0. The summed E-state index contributed by atoms with van der Waals surface area (Å²) in [6.07, 6.45) is -0.122. The summed E-state index contributed by atoms with van der Waals surface area (Å²) in [6, 6.07) is 15.3. The van der Waals surface area contributed by atoms with Crippen LogP contribution in [-0.4, -0.2) is 37.2 Å². The molecule has 0 bridgehead atoms. The number of aliphatic hydroxyl groups excluding tert-OH is 1. The molecule has 10 heteroatoms. The third-order valence-electron chi connectivity index (χ3n) is 5.47. The molecule has 3 aromatic rings. The second-order valence-electron chi connectivity index (χ2n) is 8.15. The molecule has 0 aliphatic carbocycles. The molecule has 0 aliphatic rings. The summed E-state index contributed by atoms with van der Waals surface area (Å²) in [7, 11) is -4.00. The number of aromatic carboxylic acids is 1. The van der Waals surface area contributed by atoms with Gasteiger partial charge in [-0.2, -0.15) is 0 Å². The first-order valence-corrected chi connectivity index (χ1v) is 12.4. The number of carboxylic acid groups (broad SMARTS) is 1. The van der Waals surface area contributed by atoms with E-state index in [1.165, 1.54) is 19.1 Å². The quantitative estimate of drug-likeness (QED) is 0.330. The number of hydrogen-bond acceptors (Lipinski definition) is 7. The van der Waals surface area contributed by atoms with Gasteiger partial charge in [0.2, 0.25) is 9.84 Å². The molecule has 0 saturated heterocycles. The first-order valence-electron chi connectivity index (χ1n) is 10.5. The maximum absolute atomic E-state index is 13.1. The van der Waals surface area contributed by atoms with Gasteiger partial charge in [-0.05, 0) is 73.4 Å². The summed E-state index contributed by atoms with van der Waals surface area (Å²) in [5, 5.41) is 35.1. The summed E-state index contributed by atoms with van der Waals surface area (Å²) in [5.74, 6) is -2.21. The molecule has 3 aromatic carbocycles. The van der Waals surface area contributed by atoms with Crippen molar-refractivity contribution in [1.82, 2.24) is 5.32 Å². The van der Waals surface area contributed by atoms with Crippen LogP contribution in [0.2, 0.25) is 5.02 Å². The Labute approximate surface area is 232 Å². The second kappa shape index (κ2) is 12.4. The number of aromatic hydroxyl groups is 1. The Balaban J connectivity index is 0.00000432. The van der Waals surface area contributed by atoms with Crippen molar-refractivity contribution < 1.29 is 58.1 Å². The van der Waals surface area contributed by atoms with Crippen molar-refractivity contribution >= 4 is 27.4 Å². The summed E-state index contributed by atoms with van der Waals surface area (Å²) >= 11 is 5.97. The summed E-state index contributed by atoms with van der Waals surface area (Å²) in [6.45, 7) is 3.76. The Hall–Kier alpha value is -1.91. The van der Waals surface area contributed by atoms with Gasteiger partial charge in [0, 0.05) is 23.2 Å². The molecule has 0 aliphatic heterocycles. The molecule has 0 radical (unpaired) electrons. The van der Waals surface area contributed by atoms with Crippen LogP contribution in [0.1, 0.15) is 40.1 Å². The monoisotopic (exact) mass is 525 g/mol. The number of nitrogens with one attached hydrogen (secondary N) is 1. The topological polar surface area (TPSA) is 127 Å². The Morgan fingerprint density at radius 1 is 1.11 bits per heavy atom. The molecular formula is C25H25ClNNaO6S. The summed E-state index contributed by atoms with van der Waals surface area (Å²) < 4.78 is 26.1. The van der Waals surface area contributed by atoms with Crippen LogP contribution in [0.15, 0.2) is 70.5 Å². The minimum atomic E-state index is -4.00. The van der Waals surface area contributed by atoms with Crippen LogP contribution in [-0.2, 0) is 16.3 Å². The molecule has 7 nitrogen and oxygen atoms in total. The van der Waals surface area contributed by atoms with Crippen molar-refractivity contribution in [2.24, 2.45) is 0 Å². The number of hydrogen-bond donors (Lipinski definition) is 3. The number of carbonyl (C=O) groups excluding carboxylic acids is 1. The van der Waals surface area contributed by atoms with Gasteiger partial charge >= 0.3 is 29.6 Å². The standard InChI is InChI=1S/C25H26ClNO6S.Na/c1-15-10-22(28)21(25(30)31)13-24(15)34(32,33)20-8-6-17(7-9-20)11-16(2)27-14-23(29)18-4-3-5-19(26)12-18;/h3-10,12-13,16,23,27-29H,11,14H2,1-2H3,(H,30,31);/q;+1/p-1/t16-,23+;/m1./s1. The maximum atomic E-state index is 13.1. The summed E-state index contributed by atoms with van der Waals surface area (Å²) in [5.41, 5.74) is 1.24. The van der Waals surface area contributed by atoms with Gasteiger partial charge in [-0.3, -0.25) is 0 Å². The third kappa shape index (κ3) is 7.30. The predicted molar refractivity (Wildman–Crippen MR) is 127 cm³/mol. The second-order valence-corrected chi connectivity index (χ2v) is 10.5. The average Bonchev–Trinajstić information content (AvgIpc) is 2.77. The number of aryl methyl sites for hydroxylation is 1. The van der Waals surface area contributed by atoms with Crippen molar-refractivity contribution in [3.8, 4) is 5.75 Å². The molecule has 0 saturated carbocycles. The van der Waals surface area contributed by atoms with Gasteiger partial charge in [-0.15, -0.1) is 0 Å². The fourth-order valence-electron chi connectivity index (χ4n) is 3.63. The normalized spacial score (nSPS) is 13.0. The molecule has 0 heterocycles. The smallest absolute Gasteiger partial charge is 0.545 e. The Morgan fingerprint density at radius 2 is 1.77 bits per heavy atom. The van der Waals surface area contributed by atoms with Gasteiger partial charge in [0.05, 0.1) is 21.9 Å². The number of phenols is 1. The van der Waals surface area contributed by atoms with Crippen molar-refractivity contribution in [3.05, 3.63) is 87.9 Å². The van der Waals surface area contributed by atoms with Gasteiger partial charge in [0.15, 0.2) is 0 Å². The van der Waals surface area contributed by atoms with Crippen LogP contribution < -0.4 is 40.0 Å². The van der Waals surface area contributed by atoms with E-state index in [-0.39, 0.29) is 51.0 Å². The molecule has 2 atom stereocenters. The zero-order valence-corrected chi connectivity index (χ0v) is 23.2. The third-order valence-corrected chi connectivity index (χ3v) is 7.62. The SMILES string of the molecule is Cc1cc(O)c(C(=O)[O-])cc1S(=O)(=O)c1ccc(C[C@@H](C)NC[C@H](O)c2cccc(Cl)c2)cc1.[Na+]. The fraction of sp³-hybridized carbons (Fsp3) is 0.240. The van der Waals surface area contributed by atoms with E-state index in [1.54, 1.807) is 36.4 Å². The van der Waals surface area contributed by atoms with Crippen LogP contribution in [0.3, 0.4) is 0 Å². The molecule has 3 rings (SSSR count). The minimum Gasteiger partial charge on any atom is -0.545 e. The molecular weight excluding hydrogens is 501 g/mol. The fourth-order valence-corrected chi connectivity index (χ4v) is 5.33. The van der Waals surface area contributed by atoms with Gasteiger partial charge in [-0.1, -0.05) is 35.9 Å². The predicted octanol–water partition coefficient (Wildman–Crippen LogP) is -0.191. The van der Waals surface area contributed by atoms with Crippen LogP contribution in [0, 0.1) is 6.92 Å². The summed E-state index contributed by atoms with van der Waals surface area (Å²) in [4.78, 5) is 11.0. The number of carboxylic acids is 1. The van der Waals surface area contributed by atoms with Crippen LogP contribution in [0.25, 0.3) is 0 Å². The van der Waals surface area contributed by atoms with Crippen LogP contribution in [0.4, 0.5) is 0 Å². The average molecular weight is 526 g/mol. The van der Waals surface area contributed by atoms with E-state index in [9.17, 15) is 28.5 Å². The molecule has 35 heavy (non-hydrogen) atoms. The van der Waals surface area contributed by atoms with Crippen molar-refractivity contribution in [2.75, 3.05) is 6.54 Å². The van der Waals surface area contributed by atoms with E-state index < -0.39 is 33.2 Å². The maximum Gasteiger partial charge on any atom is 1.00 e.